The zero-order valence-corrected chi connectivity index (χ0v) is 13.8. The number of rotatable bonds is 6. The molecule has 3 rings (SSSR count). The van der Waals surface area contributed by atoms with Gasteiger partial charge in [-0.2, -0.15) is 0 Å². The Bertz CT molecular complexity index is 634. The van der Waals surface area contributed by atoms with Crippen molar-refractivity contribution in [3.05, 3.63) is 16.8 Å². The Morgan fingerprint density at radius 1 is 1.38 bits per heavy atom. The van der Waals surface area contributed by atoms with Gasteiger partial charge in [0.2, 0.25) is 0 Å². The topological polar surface area (TPSA) is 49.2 Å². The Kier molecular flexibility index (Phi) is 4.13. The fourth-order valence-electron chi connectivity index (χ4n) is 2.84. The number of hydrogen-bond acceptors (Lipinski definition) is 5. The van der Waals surface area contributed by atoms with Crippen LogP contribution in [-0.4, -0.2) is 34.3 Å². The van der Waals surface area contributed by atoms with Crippen LogP contribution in [0.1, 0.15) is 38.1 Å². The number of nitrogens with zero attached hydrogens (tertiary/aromatic N) is 3. The van der Waals surface area contributed by atoms with Gasteiger partial charge in [-0.1, -0.05) is 13.8 Å². The van der Waals surface area contributed by atoms with Gasteiger partial charge in [0, 0.05) is 12.6 Å². The van der Waals surface area contributed by atoms with Crippen LogP contribution in [-0.2, 0) is 6.42 Å². The third kappa shape index (κ3) is 3.04. The van der Waals surface area contributed by atoms with Crippen molar-refractivity contribution in [3.8, 4) is 0 Å². The van der Waals surface area contributed by atoms with E-state index in [2.05, 4.69) is 29.1 Å². The molecule has 4 nitrogen and oxygen atoms in total. The van der Waals surface area contributed by atoms with E-state index in [-0.39, 0.29) is 6.61 Å². The Morgan fingerprint density at radius 3 is 2.76 bits per heavy atom. The molecule has 21 heavy (non-hydrogen) atoms. The van der Waals surface area contributed by atoms with Crippen LogP contribution in [0.2, 0.25) is 0 Å². The van der Waals surface area contributed by atoms with Crippen molar-refractivity contribution in [1.29, 1.82) is 0 Å². The standard InChI is InChI=1S/C16H23N3OS/c1-10(2)8-12-9-21-16-14(12)15(17-11(3)18-16)19(6-7-20)13-4-5-13/h9-10,13,20H,4-8H2,1-3H3. The van der Waals surface area contributed by atoms with Crippen LogP contribution in [0, 0.1) is 12.8 Å². The van der Waals surface area contributed by atoms with E-state index >= 15 is 0 Å². The number of aromatic nitrogens is 2. The van der Waals surface area contributed by atoms with Crippen LogP contribution < -0.4 is 4.90 Å². The lowest BCUT2D eigenvalue weighted by Gasteiger charge is -2.24. The van der Waals surface area contributed by atoms with Crippen molar-refractivity contribution >= 4 is 27.4 Å². The van der Waals surface area contributed by atoms with Crippen LogP contribution in [0.5, 0.6) is 0 Å². The van der Waals surface area contributed by atoms with Gasteiger partial charge in [-0.15, -0.1) is 11.3 Å². The van der Waals surface area contributed by atoms with Crippen LogP contribution in [0.3, 0.4) is 0 Å². The highest BCUT2D eigenvalue weighted by Crippen LogP contribution is 2.38. The van der Waals surface area contributed by atoms with Crippen LogP contribution >= 0.6 is 11.3 Å². The molecule has 2 heterocycles. The molecule has 1 N–H and O–H groups in total. The van der Waals surface area contributed by atoms with Crippen LogP contribution in [0.4, 0.5) is 5.82 Å². The lowest BCUT2D eigenvalue weighted by molar-refractivity contribution is 0.301. The van der Waals surface area contributed by atoms with Crippen molar-refractivity contribution < 1.29 is 5.11 Å². The van der Waals surface area contributed by atoms with Crippen LogP contribution in [0.25, 0.3) is 10.2 Å². The molecule has 0 atom stereocenters. The normalized spacial score (nSPS) is 15.1. The minimum Gasteiger partial charge on any atom is -0.395 e. The number of fused-ring (bicyclic) bond motifs is 1. The quantitative estimate of drug-likeness (QED) is 0.890. The smallest absolute Gasteiger partial charge is 0.141 e. The monoisotopic (exact) mass is 305 g/mol. The van der Waals surface area contributed by atoms with Gasteiger partial charge in [0.1, 0.15) is 16.5 Å². The predicted molar refractivity (Wildman–Crippen MR) is 88.1 cm³/mol. The largest absolute Gasteiger partial charge is 0.395 e. The van der Waals surface area contributed by atoms with Gasteiger partial charge in [0.25, 0.3) is 0 Å². The van der Waals surface area contributed by atoms with Gasteiger partial charge in [-0.25, -0.2) is 9.97 Å². The molecule has 1 saturated carbocycles. The SMILES string of the molecule is Cc1nc(N(CCO)C2CC2)c2c(CC(C)C)csc2n1. The second-order valence-electron chi connectivity index (χ2n) is 6.28. The minimum atomic E-state index is 0.171. The Hall–Kier alpha value is -1.20. The maximum absolute atomic E-state index is 9.40. The summed E-state index contributed by atoms with van der Waals surface area (Å²) in [7, 11) is 0. The lowest BCUT2D eigenvalue weighted by Crippen LogP contribution is -2.30. The molecule has 0 saturated heterocycles. The first-order valence-electron chi connectivity index (χ1n) is 7.72. The van der Waals surface area contributed by atoms with Crippen LogP contribution in [0.15, 0.2) is 5.38 Å². The van der Waals surface area contributed by atoms with E-state index in [0.29, 0.717) is 18.5 Å². The third-order valence-corrected chi connectivity index (χ3v) is 4.75. The van der Waals surface area contributed by atoms with E-state index in [1.165, 1.54) is 23.8 Å². The highest BCUT2D eigenvalue weighted by molar-refractivity contribution is 7.17. The summed E-state index contributed by atoms with van der Waals surface area (Å²) in [5.41, 5.74) is 1.35. The molecule has 114 valence electrons. The molecule has 1 aliphatic carbocycles. The molecule has 1 fully saturated rings. The number of aliphatic hydroxyl groups is 1. The maximum Gasteiger partial charge on any atom is 0.141 e. The fraction of sp³-hybridized carbons (Fsp3) is 0.625. The van der Waals surface area contributed by atoms with E-state index in [1.54, 1.807) is 11.3 Å². The number of hydrogen-bond donors (Lipinski definition) is 1. The number of thiophene rings is 1. The van der Waals surface area contributed by atoms with E-state index < -0.39 is 0 Å². The molecule has 0 aliphatic heterocycles. The summed E-state index contributed by atoms with van der Waals surface area (Å²) in [5.74, 6) is 2.47. The van der Waals surface area contributed by atoms with Crippen molar-refractivity contribution in [1.82, 2.24) is 9.97 Å². The Balaban J connectivity index is 2.11. The first-order chi connectivity index (χ1) is 10.1. The molecule has 0 amide bonds. The third-order valence-electron chi connectivity index (χ3n) is 3.83. The number of aliphatic hydroxyl groups excluding tert-OH is 1. The average Bonchev–Trinajstić information content (AvgIpc) is 3.18. The Morgan fingerprint density at radius 2 is 2.14 bits per heavy atom. The lowest BCUT2D eigenvalue weighted by atomic mass is 10.0. The van der Waals surface area contributed by atoms with Gasteiger partial charge in [-0.3, -0.25) is 0 Å². The predicted octanol–water partition coefficient (Wildman–Crippen LogP) is 3.16. The van der Waals surface area contributed by atoms with Crippen molar-refractivity contribution in [2.24, 2.45) is 5.92 Å². The summed E-state index contributed by atoms with van der Waals surface area (Å²) >= 11 is 1.71. The highest BCUT2D eigenvalue weighted by Gasteiger charge is 2.31. The highest BCUT2D eigenvalue weighted by atomic mass is 32.1. The molecular formula is C16H23N3OS. The van der Waals surface area contributed by atoms with E-state index in [1.807, 2.05) is 6.92 Å². The molecule has 5 heteroatoms. The zero-order valence-electron chi connectivity index (χ0n) is 13.0. The molecule has 1 aliphatic rings. The first-order valence-corrected chi connectivity index (χ1v) is 8.60. The summed E-state index contributed by atoms with van der Waals surface area (Å²) in [4.78, 5) is 12.7. The van der Waals surface area contributed by atoms with Crippen molar-refractivity contribution in [3.63, 3.8) is 0 Å². The molecule has 0 radical (unpaired) electrons. The zero-order chi connectivity index (χ0) is 15.0. The number of anilines is 1. The van der Waals surface area contributed by atoms with E-state index in [4.69, 9.17) is 4.98 Å². The van der Waals surface area contributed by atoms with Crippen molar-refractivity contribution in [2.45, 2.75) is 46.1 Å². The molecular weight excluding hydrogens is 282 g/mol. The summed E-state index contributed by atoms with van der Waals surface area (Å²) in [6.45, 7) is 7.27. The summed E-state index contributed by atoms with van der Waals surface area (Å²) in [5, 5.41) is 12.8. The molecule has 0 spiro atoms. The maximum atomic E-state index is 9.40. The first kappa shape index (κ1) is 14.7. The number of aryl methyl sites for hydroxylation is 1. The van der Waals surface area contributed by atoms with Gasteiger partial charge >= 0.3 is 0 Å². The summed E-state index contributed by atoms with van der Waals surface area (Å²) in [6.07, 6.45) is 3.46. The van der Waals surface area contributed by atoms with Gasteiger partial charge in [0.05, 0.1) is 12.0 Å². The fourth-order valence-corrected chi connectivity index (χ4v) is 3.83. The van der Waals surface area contributed by atoms with Gasteiger partial charge < -0.3 is 10.0 Å². The summed E-state index contributed by atoms with van der Waals surface area (Å²) < 4.78 is 0. The molecule has 2 aromatic heterocycles. The second-order valence-corrected chi connectivity index (χ2v) is 7.14. The van der Waals surface area contributed by atoms with Gasteiger partial charge in [-0.05, 0) is 43.0 Å². The van der Waals surface area contributed by atoms with E-state index in [9.17, 15) is 5.11 Å². The Labute approximate surface area is 129 Å². The second kappa shape index (κ2) is 5.89. The summed E-state index contributed by atoms with van der Waals surface area (Å²) in [6, 6.07) is 0.543. The van der Waals surface area contributed by atoms with Crippen molar-refractivity contribution in [2.75, 3.05) is 18.1 Å². The van der Waals surface area contributed by atoms with Gasteiger partial charge in [0.15, 0.2) is 0 Å². The molecule has 2 aromatic rings. The molecule has 0 bridgehead atoms. The molecule has 0 unspecified atom stereocenters. The van der Waals surface area contributed by atoms with E-state index in [0.717, 1.165) is 22.9 Å². The minimum absolute atomic E-state index is 0.171. The molecule has 0 aromatic carbocycles. The average molecular weight is 305 g/mol.